The molecular formula is C14H26N2O3. The first-order chi connectivity index (χ1) is 8.82. The van der Waals surface area contributed by atoms with E-state index in [1.807, 2.05) is 6.92 Å². The van der Waals surface area contributed by atoms with E-state index in [0.717, 1.165) is 0 Å². The van der Waals surface area contributed by atoms with E-state index in [1.54, 1.807) is 4.90 Å². The minimum absolute atomic E-state index is 0.135. The Balaban J connectivity index is 2.50. The first-order valence-corrected chi connectivity index (χ1v) is 7.08. The molecule has 2 N–H and O–H groups in total. The number of hydrogen-bond donors (Lipinski definition) is 2. The lowest BCUT2D eigenvalue weighted by Crippen LogP contribution is -2.43. The third-order valence-corrected chi connectivity index (χ3v) is 4.48. The first-order valence-electron chi connectivity index (χ1n) is 7.08. The van der Waals surface area contributed by atoms with Gasteiger partial charge in [0.1, 0.15) is 0 Å². The highest BCUT2D eigenvalue weighted by molar-refractivity contribution is 5.79. The summed E-state index contributed by atoms with van der Waals surface area (Å²) in [4.78, 5) is 25.0. The molecule has 0 aromatic heterocycles. The number of nitrogens with zero attached hydrogens (tertiary/aromatic N) is 1. The van der Waals surface area contributed by atoms with E-state index in [4.69, 9.17) is 0 Å². The van der Waals surface area contributed by atoms with Crippen molar-refractivity contribution in [1.82, 2.24) is 10.2 Å². The number of urea groups is 1. The van der Waals surface area contributed by atoms with Crippen LogP contribution in [-0.2, 0) is 4.79 Å². The lowest BCUT2D eigenvalue weighted by molar-refractivity contribution is -0.148. The Morgan fingerprint density at radius 3 is 2.42 bits per heavy atom. The molecular weight excluding hydrogens is 244 g/mol. The molecule has 5 nitrogen and oxygen atoms in total. The Bertz CT molecular complexity index is 344. The molecule has 1 saturated heterocycles. The summed E-state index contributed by atoms with van der Waals surface area (Å²) in [6.07, 6.45) is 1.11. The van der Waals surface area contributed by atoms with Gasteiger partial charge in [0.2, 0.25) is 0 Å². The van der Waals surface area contributed by atoms with Crippen molar-refractivity contribution in [3.8, 4) is 0 Å². The number of likely N-dealkylation sites (tertiary alicyclic amines) is 1. The maximum atomic E-state index is 12.0. The van der Waals surface area contributed by atoms with Crippen LogP contribution >= 0.6 is 0 Å². The quantitative estimate of drug-likeness (QED) is 0.804. The van der Waals surface area contributed by atoms with Crippen LogP contribution in [0.25, 0.3) is 0 Å². The van der Waals surface area contributed by atoms with E-state index in [0.29, 0.717) is 44.3 Å². The van der Waals surface area contributed by atoms with E-state index < -0.39 is 11.4 Å². The summed E-state index contributed by atoms with van der Waals surface area (Å²) in [5.74, 6) is 0.149. The van der Waals surface area contributed by atoms with Gasteiger partial charge in [0.15, 0.2) is 0 Å². The van der Waals surface area contributed by atoms with Crippen LogP contribution in [0.5, 0.6) is 0 Å². The van der Waals surface area contributed by atoms with Crippen molar-refractivity contribution >= 4 is 12.0 Å². The number of carboxylic acids is 1. The average molecular weight is 270 g/mol. The molecule has 1 aliphatic rings. The molecule has 5 heteroatoms. The van der Waals surface area contributed by atoms with E-state index in [2.05, 4.69) is 26.1 Å². The predicted octanol–water partition coefficient (Wildman–Crippen LogP) is 2.17. The molecule has 0 radical (unpaired) electrons. The van der Waals surface area contributed by atoms with Crippen molar-refractivity contribution in [2.75, 3.05) is 19.6 Å². The predicted molar refractivity (Wildman–Crippen MR) is 74.0 cm³/mol. The molecule has 0 aromatic carbocycles. The van der Waals surface area contributed by atoms with Gasteiger partial charge in [-0.1, -0.05) is 27.7 Å². The Hall–Kier alpha value is -1.26. The standard InChI is InChI=1S/C14H26N2O3/c1-5-14(12(17)18)6-7-16(9-14)13(19)15-8-11(4)10(2)3/h10-11H,5-9H2,1-4H3,(H,15,19)(H,17,18). The second-order valence-electron chi connectivity index (χ2n) is 6.02. The topological polar surface area (TPSA) is 69.6 Å². The zero-order chi connectivity index (χ0) is 14.6. The summed E-state index contributed by atoms with van der Waals surface area (Å²) in [7, 11) is 0. The van der Waals surface area contributed by atoms with E-state index >= 15 is 0 Å². The molecule has 0 saturated carbocycles. The molecule has 1 rings (SSSR count). The van der Waals surface area contributed by atoms with Gasteiger partial charge in [-0.2, -0.15) is 0 Å². The van der Waals surface area contributed by atoms with Crippen molar-refractivity contribution in [2.45, 2.75) is 40.5 Å². The largest absolute Gasteiger partial charge is 0.481 e. The second-order valence-corrected chi connectivity index (χ2v) is 6.02. The zero-order valence-corrected chi connectivity index (χ0v) is 12.4. The maximum Gasteiger partial charge on any atom is 0.317 e. The lowest BCUT2D eigenvalue weighted by Gasteiger charge is -2.24. The first kappa shape index (κ1) is 15.8. The third kappa shape index (κ3) is 3.61. The molecule has 1 fully saturated rings. The summed E-state index contributed by atoms with van der Waals surface area (Å²) in [6, 6.07) is -0.135. The van der Waals surface area contributed by atoms with E-state index in [1.165, 1.54) is 0 Å². The number of carbonyl (C=O) groups is 2. The van der Waals surface area contributed by atoms with Gasteiger partial charge >= 0.3 is 12.0 Å². The van der Waals surface area contributed by atoms with Crippen LogP contribution in [0.2, 0.25) is 0 Å². The third-order valence-electron chi connectivity index (χ3n) is 4.48. The fourth-order valence-corrected chi connectivity index (χ4v) is 2.26. The van der Waals surface area contributed by atoms with Crippen LogP contribution in [0.15, 0.2) is 0 Å². The number of rotatable bonds is 5. The lowest BCUT2D eigenvalue weighted by atomic mass is 9.84. The number of carbonyl (C=O) groups excluding carboxylic acids is 1. The van der Waals surface area contributed by atoms with Crippen LogP contribution < -0.4 is 5.32 Å². The molecule has 1 heterocycles. The highest BCUT2D eigenvalue weighted by Crippen LogP contribution is 2.34. The van der Waals surface area contributed by atoms with E-state index in [9.17, 15) is 14.7 Å². The Morgan fingerprint density at radius 2 is 2.00 bits per heavy atom. The number of carboxylic acid groups (broad SMARTS) is 1. The highest BCUT2D eigenvalue weighted by Gasteiger charge is 2.44. The zero-order valence-electron chi connectivity index (χ0n) is 12.4. The average Bonchev–Trinajstić information content (AvgIpc) is 2.81. The summed E-state index contributed by atoms with van der Waals surface area (Å²) in [5.41, 5.74) is -0.749. The molecule has 0 aromatic rings. The molecule has 0 spiro atoms. The Kier molecular flexibility index (Phi) is 5.20. The smallest absolute Gasteiger partial charge is 0.317 e. The Labute approximate surface area is 115 Å². The van der Waals surface area contributed by atoms with Gasteiger partial charge in [-0.05, 0) is 24.7 Å². The number of nitrogens with one attached hydrogen (secondary N) is 1. The number of aliphatic carboxylic acids is 1. The fourth-order valence-electron chi connectivity index (χ4n) is 2.26. The van der Waals surface area contributed by atoms with Gasteiger partial charge in [-0.3, -0.25) is 4.79 Å². The Morgan fingerprint density at radius 1 is 1.37 bits per heavy atom. The molecule has 19 heavy (non-hydrogen) atoms. The summed E-state index contributed by atoms with van der Waals surface area (Å²) in [5, 5.41) is 12.2. The minimum atomic E-state index is -0.791. The highest BCUT2D eigenvalue weighted by atomic mass is 16.4. The van der Waals surface area contributed by atoms with Gasteiger partial charge in [-0.25, -0.2) is 4.79 Å². The summed E-state index contributed by atoms with van der Waals surface area (Å²) in [6.45, 7) is 9.71. The van der Waals surface area contributed by atoms with Crippen molar-refractivity contribution < 1.29 is 14.7 Å². The molecule has 2 amide bonds. The molecule has 2 unspecified atom stereocenters. The summed E-state index contributed by atoms with van der Waals surface area (Å²) < 4.78 is 0. The second kappa shape index (κ2) is 6.26. The molecule has 110 valence electrons. The van der Waals surface area contributed by atoms with Gasteiger partial charge in [0.05, 0.1) is 5.41 Å². The molecule has 0 aliphatic carbocycles. The summed E-state index contributed by atoms with van der Waals surface area (Å²) >= 11 is 0. The van der Waals surface area contributed by atoms with Gasteiger partial charge in [0.25, 0.3) is 0 Å². The van der Waals surface area contributed by atoms with E-state index in [-0.39, 0.29) is 6.03 Å². The van der Waals surface area contributed by atoms with Crippen molar-refractivity contribution in [1.29, 1.82) is 0 Å². The van der Waals surface area contributed by atoms with Crippen LogP contribution in [-0.4, -0.2) is 41.6 Å². The van der Waals surface area contributed by atoms with Gasteiger partial charge < -0.3 is 15.3 Å². The SMILES string of the molecule is CCC1(C(=O)O)CCN(C(=O)NCC(C)C(C)C)C1. The van der Waals surface area contributed by atoms with Crippen molar-refractivity contribution in [3.05, 3.63) is 0 Å². The van der Waals surface area contributed by atoms with Crippen LogP contribution in [0.4, 0.5) is 4.79 Å². The van der Waals surface area contributed by atoms with Gasteiger partial charge in [0, 0.05) is 19.6 Å². The molecule has 0 bridgehead atoms. The van der Waals surface area contributed by atoms with Crippen LogP contribution in [0.1, 0.15) is 40.5 Å². The van der Waals surface area contributed by atoms with Crippen molar-refractivity contribution in [3.63, 3.8) is 0 Å². The fraction of sp³-hybridized carbons (Fsp3) is 0.857. The molecule has 2 atom stereocenters. The maximum absolute atomic E-state index is 12.0. The van der Waals surface area contributed by atoms with Crippen LogP contribution in [0, 0.1) is 17.3 Å². The molecule has 1 aliphatic heterocycles. The normalized spacial score (nSPS) is 24.6. The monoisotopic (exact) mass is 270 g/mol. The number of amides is 2. The minimum Gasteiger partial charge on any atom is -0.481 e. The number of hydrogen-bond acceptors (Lipinski definition) is 2. The van der Waals surface area contributed by atoms with Gasteiger partial charge in [-0.15, -0.1) is 0 Å². The van der Waals surface area contributed by atoms with Crippen LogP contribution in [0.3, 0.4) is 0 Å². The van der Waals surface area contributed by atoms with Crippen molar-refractivity contribution in [2.24, 2.45) is 17.3 Å².